The summed E-state index contributed by atoms with van der Waals surface area (Å²) in [6.07, 6.45) is 5.00. The van der Waals surface area contributed by atoms with Gasteiger partial charge < -0.3 is 20.0 Å². The van der Waals surface area contributed by atoms with Gasteiger partial charge in [0, 0.05) is 12.6 Å². The lowest BCUT2D eigenvalue weighted by molar-refractivity contribution is -0.123. The molecule has 0 saturated carbocycles. The average Bonchev–Trinajstić information content (AvgIpc) is 3.06. The van der Waals surface area contributed by atoms with Crippen LogP contribution in [0, 0.1) is 0 Å². The molecule has 0 bridgehead atoms. The number of carbonyl (C=O) groups excluding carboxylic acids is 1. The fourth-order valence-corrected chi connectivity index (χ4v) is 3.68. The summed E-state index contributed by atoms with van der Waals surface area (Å²) in [7, 11) is 0. The average molecular weight is 328 g/mol. The van der Waals surface area contributed by atoms with Crippen molar-refractivity contribution in [3.05, 3.63) is 24.3 Å². The van der Waals surface area contributed by atoms with E-state index in [1.165, 1.54) is 0 Å². The summed E-state index contributed by atoms with van der Waals surface area (Å²) in [6, 6.07) is 8.42. The highest BCUT2D eigenvalue weighted by atomic mass is 16.4. The Bertz CT molecular complexity index is 675. The number of benzene rings is 1. The van der Waals surface area contributed by atoms with E-state index in [0.29, 0.717) is 6.01 Å². The van der Waals surface area contributed by atoms with Gasteiger partial charge in [-0.15, -0.1) is 0 Å². The van der Waals surface area contributed by atoms with Gasteiger partial charge in [-0.3, -0.25) is 4.79 Å². The SMILES string of the molecule is O=C(NC1CCNCC1)[C@@H]1CCCCN1c1nc2ccccc2o1. The van der Waals surface area contributed by atoms with Crippen molar-refractivity contribution in [2.75, 3.05) is 24.5 Å². The molecule has 24 heavy (non-hydrogen) atoms. The molecule has 0 spiro atoms. The van der Waals surface area contributed by atoms with Crippen LogP contribution >= 0.6 is 0 Å². The molecule has 2 saturated heterocycles. The summed E-state index contributed by atoms with van der Waals surface area (Å²) >= 11 is 0. The van der Waals surface area contributed by atoms with Gasteiger partial charge in [0.2, 0.25) is 5.91 Å². The van der Waals surface area contributed by atoms with Crippen molar-refractivity contribution in [3.8, 4) is 0 Å². The highest BCUT2D eigenvalue weighted by molar-refractivity contribution is 5.85. The number of rotatable bonds is 3. The predicted molar refractivity (Wildman–Crippen MR) is 93.0 cm³/mol. The topological polar surface area (TPSA) is 70.4 Å². The molecule has 2 aliphatic rings. The quantitative estimate of drug-likeness (QED) is 0.902. The van der Waals surface area contributed by atoms with E-state index >= 15 is 0 Å². The number of fused-ring (bicyclic) bond motifs is 1. The van der Waals surface area contributed by atoms with Gasteiger partial charge in [0.15, 0.2) is 5.58 Å². The molecule has 6 nitrogen and oxygen atoms in total. The lowest BCUT2D eigenvalue weighted by Gasteiger charge is -2.35. The zero-order valence-corrected chi connectivity index (χ0v) is 13.8. The highest BCUT2D eigenvalue weighted by Crippen LogP contribution is 2.28. The van der Waals surface area contributed by atoms with Crippen LogP contribution in [0.3, 0.4) is 0 Å². The lowest BCUT2D eigenvalue weighted by atomic mass is 10.0. The summed E-state index contributed by atoms with van der Waals surface area (Å²) in [6.45, 7) is 2.77. The first kappa shape index (κ1) is 15.4. The van der Waals surface area contributed by atoms with Crippen LogP contribution in [0.5, 0.6) is 0 Å². The largest absolute Gasteiger partial charge is 0.423 e. The van der Waals surface area contributed by atoms with Crippen LogP contribution in [-0.2, 0) is 4.79 Å². The van der Waals surface area contributed by atoms with E-state index in [0.717, 1.165) is 62.8 Å². The zero-order valence-electron chi connectivity index (χ0n) is 13.8. The summed E-state index contributed by atoms with van der Waals surface area (Å²) in [4.78, 5) is 19.4. The second kappa shape index (κ2) is 6.81. The third kappa shape index (κ3) is 3.11. The molecular formula is C18H24N4O2. The molecule has 1 atom stereocenters. The molecule has 2 N–H and O–H groups in total. The molecule has 2 aromatic rings. The van der Waals surface area contributed by atoms with E-state index in [4.69, 9.17) is 4.42 Å². The smallest absolute Gasteiger partial charge is 0.299 e. The third-order valence-electron chi connectivity index (χ3n) is 5.02. The molecule has 2 fully saturated rings. The van der Waals surface area contributed by atoms with Crippen LogP contribution in [-0.4, -0.2) is 42.6 Å². The first-order valence-corrected chi connectivity index (χ1v) is 8.94. The molecule has 3 heterocycles. The Morgan fingerprint density at radius 2 is 2.04 bits per heavy atom. The van der Waals surface area contributed by atoms with Gasteiger partial charge in [-0.2, -0.15) is 4.98 Å². The van der Waals surface area contributed by atoms with Crippen molar-refractivity contribution in [2.24, 2.45) is 0 Å². The van der Waals surface area contributed by atoms with Gasteiger partial charge in [0.25, 0.3) is 6.01 Å². The number of para-hydroxylation sites is 2. The molecular weight excluding hydrogens is 304 g/mol. The van der Waals surface area contributed by atoms with Crippen molar-refractivity contribution < 1.29 is 9.21 Å². The zero-order chi connectivity index (χ0) is 16.4. The fraction of sp³-hybridized carbons (Fsp3) is 0.556. The van der Waals surface area contributed by atoms with E-state index < -0.39 is 0 Å². The Morgan fingerprint density at radius 3 is 2.88 bits per heavy atom. The van der Waals surface area contributed by atoms with Gasteiger partial charge in [-0.1, -0.05) is 12.1 Å². The van der Waals surface area contributed by atoms with Crippen molar-refractivity contribution in [1.29, 1.82) is 0 Å². The van der Waals surface area contributed by atoms with Crippen molar-refractivity contribution in [2.45, 2.75) is 44.2 Å². The Balaban J connectivity index is 1.52. The van der Waals surface area contributed by atoms with E-state index in [9.17, 15) is 4.79 Å². The minimum Gasteiger partial charge on any atom is -0.423 e. The molecule has 2 aliphatic heterocycles. The van der Waals surface area contributed by atoms with Crippen molar-refractivity contribution in [3.63, 3.8) is 0 Å². The van der Waals surface area contributed by atoms with Gasteiger partial charge in [0.1, 0.15) is 11.6 Å². The third-order valence-corrected chi connectivity index (χ3v) is 5.02. The number of carbonyl (C=O) groups is 1. The maximum atomic E-state index is 12.8. The molecule has 0 unspecified atom stereocenters. The first-order valence-electron chi connectivity index (χ1n) is 8.94. The normalized spacial score (nSPS) is 22.7. The lowest BCUT2D eigenvalue weighted by Crippen LogP contribution is -2.53. The highest BCUT2D eigenvalue weighted by Gasteiger charge is 2.33. The minimum absolute atomic E-state index is 0.115. The molecule has 128 valence electrons. The number of hydrogen-bond acceptors (Lipinski definition) is 5. The Hall–Kier alpha value is -2.08. The minimum atomic E-state index is -0.179. The van der Waals surface area contributed by atoms with E-state index in [1.807, 2.05) is 29.2 Å². The fourth-order valence-electron chi connectivity index (χ4n) is 3.68. The van der Waals surface area contributed by atoms with Crippen LogP contribution in [0.4, 0.5) is 6.01 Å². The number of nitrogens with zero attached hydrogens (tertiary/aromatic N) is 2. The second-order valence-corrected chi connectivity index (χ2v) is 6.70. The summed E-state index contributed by atoms with van der Waals surface area (Å²) in [5.74, 6) is 0.115. The molecule has 6 heteroatoms. The van der Waals surface area contributed by atoms with E-state index in [1.54, 1.807) is 0 Å². The number of hydrogen-bond donors (Lipinski definition) is 2. The van der Waals surface area contributed by atoms with Gasteiger partial charge in [-0.25, -0.2) is 0 Å². The Labute approximate surface area is 141 Å². The monoisotopic (exact) mass is 328 g/mol. The van der Waals surface area contributed by atoms with Crippen molar-refractivity contribution in [1.82, 2.24) is 15.6 Å². The standard InChI is InChI=1S/C18H24N4O2/c23-17(20-13-8-10-19-11-9-13)15-6-3-4-12-22(15)18-21-14-5-1-2-7-16(14)24-18/h1-2,5,7,13,15,19H,3-4,6,8-12H2,(H,20,23)/t15-/m0/s1. The molecule has 0 radical (unpaired) electrons. The molecule has 1 aromatic heterocycles. The van der Waals surface area contributed by atoms with E-state index in [-0.39, 0.29) is 18.0 Å². The molecule has 4 rings (SSSR count). The van der Waals surface area contributed by atoms with Crippen molar-refractivity contribution >= 4 is 23.0 Å². The number of oxazole rings is 1. The molecule has 1 amide bonds. The maximum Gasteiger partial charge on any atom is 0.299 e. The number of anilines is 1. The first-order chi connectivity index (χ1) is 11.8. The van der Waals surface area contributed by atoms with Gasteiger partial charge >= 0.3 is 0 Å². The number of amides is 1. The maximum absolute atomic E-state index is 12.8. The second-order valence-electron chi connectivity index (χ2n) is 6.70. The van der Waals surface area contributed by atoms with Crippen LogP contribution in [0.1, 0.15) is 32.1 Å². The predicted octanol–water partition coefficient (Wildman–Crippen LogP) is 2.05. The van der Waals surface area contributed by atoms with Gasteiger partial charge in [0.05, 0.1) is 0 Å². The van der Waals surface area contributed by atoms with E-state index in [2.05, 4.69) is 15.6 Å². The summed E-state index contributed by atoms with van der Waals surface area (Å²) in [5, 5.41) is 6.56. The molecule has 0 aliphatic carbocycles. The number of piperidine rings is 2. The Kier molecular flexibility index (Phi) is 4.38. The van der Waals surface area contributed by atoms with Crippen LogP contribution in [0.2, 0.25) is 0 Å². The Morgan fingerprint density at radius 1 is 1.21 bits per heavy atom. The van der Waals surface area contributed by atoms with Gasteiger partial charge in [-0.05, 0) is 57.3 Å². The number of aromatic nitrogens is 1. The van der Waals surface area contributed by atoms with Crippen LogP contribution in [0.15, 0.2) is 28.7 Å². The molecule has 1 aromatic carbocycles. The van der Waals surface area contributed by atoms with Crippen LogP contribution < -0.4 is 15.5 Å². The summed E-state index contributed by atoms with van der Waals surface area (Å²) in [5.41, 5.74) is 1.62. The van der Waals surface area contributed by atoms with Crippen LogP contribution in [0.25, 0.3) is 11.1 Å². The summed E-state index contributed by atoms with van der Waals surface area (Å²) < 4.78 is 5.90. The number of nitrogens with one attached hydrogen (secondary N) is 2.